The molecule has 0 amide bonds. The van der Waals surface area contributed by atoms with E-state index in [9.17, 15) is 9.59 Å². The molecule has 0 aromatic carbocycles. The van der Waals surface area contributed by atoms with E-state index in [1.807, 2.05) is 0 Å². The third-order valence-electron chi connectivity index (χ3n) is 3.03. The predicted molar refractivity (Wildman–Crippen MR) is 91.5 cm³/mol. The van der Waals surface area contributed by atoms with Gasteiger partial charge in [0.2, 0.25) is 0 Å². The first-order chi connectivity index (χ1) is 11.3. The first kappa shape index (κ1) is 18.4. The maximum Gasteiger partial charge on any atom is 0.340 e. The molecule has 0 radical (unpaired) electrons. The molecule has 0 atom stereocenters. The summed E-state index contributed by atoms with van der Waals surface area (Å²) >= 11 is 0. The van der Waals surface area contributed by atoms with Crippen molar-refractivity contribution in [2.24, 2.45) is 0 Å². The van der Waals surface area contributed by atoms with E-state index in [2.05, 4.69) is 20.4 Å². The summed E-state index contributed by atoms with van der Waals surface area (Å²) in [7, 11) is 0. The SMILES string of the molecule is CC(C)(C)OC(=O)c1ccc(-n2[nH]cc(-n3ccnn3)c2=O)nc1.Cl. The van der Waals surface area contributed by atoms with Gasteiger partial charge in [0.15, 0.2) is 11.5 Å². The molecule has 0 spiro atoms. The molecule has 3 aromatic heterocycles. The Labute approximate surface area is 149 Å². The van der Waals surface area contributed by atoms with Crippen LogP contribution in [0.1, 0.15) is 31.1 Å². The zero-order valence-corrected chi connectivity index (χ0v) is 14.6. The molecule has 3 aromatic rings. The fraction of sp³-hybridized carbons (Fsp3) is 0.267. The van der Waals surface area contributed by atoms with Crippen molar-refractivity contribution >= 4 is 18.4 Å². The number of hydrogen-bond donors (Lipinski definition) is 1. The molecule has 0 aliphatic heterocycles. The number of ether oxygens (including phenoxy) is 1. The van der Waals surface area contributed by atoms with Crippen LogP contribution >= 0.6 is 12.4 Å². The summed E-state index contributed by atoms with van der Waals surface area (Å²) < 4.78 is 7.87. The van der Waals surface area contributed by atoms with Crippen LogP contribution in [-0.4, -0.2) is 41.3 Å². The predicted octanol–water partition coefficient (Wildman–Crippen LogP) is 1.52. The third-order valence-corrected chi connectivity index (χ3v) is 3.03. The van der Waals surface area contributed by atoms with Crippen LogP contribution in [0.3, 0.4) is 0 Å². The quantitative estimate of drug-likeness (QED) is 0.706. The third kappa shape index (κ3) is 3.94. The van der Waals surface area contributed by atoms with E-state index in [0.29, 0.717) is 17.1 Å². The lowest BCUT2D eigenvalue weighted by Gasteiger charge is -2.19. The van der Waals surface area contributed by atoms with Gasteiger partial charge in [0, 0.05) is 6.20 Å². The Morgan fingerprint density at radius 2 is 2.04 bits per heavy atom. The van der Waals surface area contributed by atoms with E-state index in [1.54, 1.807) is 39.1 Å². The molecule has 25 heavy (non-hydrogen) atoms. The maximum absolute atomic E-state index is 12.4. The van der Waals surface area contributed by atoms with Gasteiger partial charge in [0.25, 0.3) is 5.56 Å². The van der Waals surface area contributed by atoms with Gasteiger partial charge in [0.1, 0.15) is 5.60 Å². The minimum Gasteiger partial charge on any atom is -0.456 e. The molecule has 3 rings (SSSR count). The van der Waals surface area contributed by atoms with Gasteiger partial charge >= 0.3 is 5.97 Å². The van der Waals surface area contributed by atoms with Gasteiger partial charge in [-0.15, -0.1) is 17.5 Å². The summed E-state index contributed by atoms with van der Waals surface area (Å²) in [5.41, 5.74) is -0.299. The summed E-state index contributed by atoms with van der Waals surface area (Å²) in [6.45, 7) is 5.37. The summed E-state index contributed by atoms with van der Waals surface area (Å²) in [5, 5.41) is 10.2. The van der Waals surface area contributed by atoms with Crippen LogP contribution < -0.4 is 5.56 Å². The van der Waals surface area contributed by atoms with Crippen molar-refractivity contribution in [2.45, 2.75) is 26.4 Å². The maximum atomic E-state index is 12.4. The second kappa shape index (κ2) is 6.89. The molecule has 132 valence electrons. The number of H-pyrrole nitrogens is 1. The minimum atomic E-state index is -0.584. The minimum absolute atomic E-state index is 0. The van der Waals surface area contributed by atoms with Gasteiger partial charge < -0.3 is 4.74 Å². The highest BCUT2D eigenvalue weighted by atomic mass is 35.5. The molecule has 9 nitrogen and oxygen atoms in total. The smallest absolute Gasteiger partial charge is 0.340 e. The Balaban J connectivity index is 0.00000225. The van der Waals surface area contributed by atoms with Gasteiger partial charge in [-0.05, 0) is 32.9 Å². The van der Waals surface area contributed by atoms with E-state index in [-0.39, 0.29) is 18.0 Å². The molecule has 0 saturated heterocycles. The van der Waals surface area contributed by atoms with Crippen molar-refractivity contribution in [3.63, 3.8) is 0 Å². The lowest BCUT2D eigenvalue weighted by atomic mass is 10.2. The summed E-state index contributed by atoms with van der Waals surface area (Å²) in [6.07, 6.45) is 5.91. The highest BCUT2D eigenvalue weighted by Gasteiger charge is 2.18. The van der Waals surface area contributed by atoms with Crippen molar-refractivity contribution in [3.05, 3.63) is 52.8 Å². The Hall–Kier alpha value is -2.94. The number of halogens is 1. The van der Waals surface area contributed by atoms with Crippen molar-refractivity contribution in [1.82, 2.24) is 29.8 Å². The van der Waals surface area contributed by atoms with Crippen LogP contribution in [-0.2, 0) is 4.74 Å². The average Bonchev–Trinajstić information content (AvgIpc) is 3.15. The molecular weight excluding hydrogens is 348 g/mol. The lowest BCUT2D eigenvalue weighted by molar-refractivity contribution is 0.00691. The molecule has 0 fully saturated rings. The average molecular weight is 365 g/mol. The Bertz CT molecular complexity index is 906. The summed E-state index contributed by atoms with van der Waals surface area (Å²) in [5.74, 6) is -0.123. The van der Waals surface area contributed by atoms with E-state index in [1.165, 1.54) is 28.0 Å². The number of pyridine rings is 1. The Morgan fingerprint density at radius 3 is 2.60 bits per heavy atom. The number of esters is 1. The number of aromatic nitrogens is 6. The molecule has 0 saturated carbocycles. The van der Waals surface area contributed by atoms with E-state index >= 15 is 0 Å². The highest BCUT2D eigenvalue weighted by molar-refractivity contribution is 5.89. The van der Waals surface area contributed by atoms with Crippen LogP contribution in [0.4, 0.5) is 0 Å². The first-order valence-corrected chi connectivity index (χ1v) is 7.22. The Kier molecular flexibility index (Phi) is 5.07. The molecule has 3 heterocycles. The van der Waals surface area contributed by atoms with Crippen molar-refractivity contribution in [2.75, 3.05) is 0 Å². The molecule has 10 heteroatoms. The molecule has 1 N–H and O–H groups in total. The Morgan fingerprint density at radius 1 is 1.28 bits per heavy atom. The van der Waals surface area contributed by atoms with Gasteiger partial charge in [-0.3, -0.25) is 9.89 Å². The fourth-order valence-corrected chi connectivity index (χ4v) is 2.01. The first-order valence-electron chi connectivity index (χ1n) is 7.22. The number of hydrogen-bond acceptors (Lipinski definition) is 6. The molecule has 0 aliphatic carbocycles. The van der Waals surface area contributed by atoms with E-state index < -0.39 is 11.6 Å². The largest absolute Gasteiger partial charge is 0.456 e. The molecule has 0 bridgehead atoms. The molecule has 0 aliphatic rings. The van der Waals surface area contributed by atoms with Crippen LogP contribution in [0.2, 0.25) is 0 Å². The fourth-order valence-electron chi connectivity index (χ4n) is 2.01. The monoisotopic (exact) mass is 364 g/mol. The zero-order valence-electron chi connectivity index (χ0n) is 13.8. The van der Waals surface area contributed by atoms with Gasteiger partial charge in [-0.1, -0.05) is 5.21 Å². The van der Waals surface area contributed by atoms with Crippen molar-refractivity contribution < 1.29 is 9.53 Å². The van der Waals surface area contributed by atoms with Crippen LogP contribution in [0, 0.1) is 0 Å². The number of nitrogens with one attached hydrogen (secondary N) is 1. The van der Waals surface area contributed by atoms with Crippen molar-refractivity contribution in [3.8, 4) is 11.5 Å². The van der Waals surface area contributed by atoms with Crippen molar-refractivity contribution in [1.29, 1.82) is 0 Å². The highest BCUT2D eigenvalue weighted by Crippen LogP contribution is 2.12. The summed E-state index contributed by atoms with van der Waals surface area (Å²) in [6, 6.07) is 3.11. The topological polar surface area (TPSA) is 108 Å². The lowest BCUT2D eigenvalue weighted by Crippen LogP contribution is -2.24. The van der Waals surface area contributed by atoms with Crippen LogP contribution in [0.5, 0.6) is 0 Å². The zero-order chi connectivity index (χ0) is 17.3. The summed E-state index contributed by atoms with van der Waals surface area (Å²) in [4.78, 5) is 28.5. The van der Waals surface area contributed by atoms with Gasteiger partial charge in [0.05, 0.1) is 24.2 Å². The van der Waals surface area contributed by atoms with E-state index in [0.717, 1.165) is 0 Å². The van der Waals surface area contributed by atoms with Crippen LogP contribution in [0.15, 0.2) is 41.7 Å². The number of aromatic amines is 1. The number of carbonyl (C=O) groups is 1. The normalized spacial score (nSPS) is 11.0. The van der Waals surface area contributed by atoms with Crippen LogP contribution in [0.25, 0.3) is 11.5 Å². The van der Waals surface area contributed by atoms with Gasteiger partial charge in [-0.25, -0.2) is 14.5 Å². The number of carbonyl (C=O) groups excluding carboxylic acids is 1. The standard InChI is InChI=1S/C15H16N6O3.ClH/c1-15(2,3)24-14(23)10-4-5-12(16-8-10)21-13(22)11(9-18-21)20-7-6-17-19-20;/h4-9,18H,1-3H3;1H. The molecular formula is C15H17ClN6O3. The number of rotatable bonds is 3. The second-order valence-corrected chi connectivity index (χ2v) is 6.05. The second-order valence-electron chi connectivity index (χ2n) is 6.05. The van der Waals surface area contributed by atoms with E-state index in [4.69, 9.17) is 4.74 Å². The molecule has 0 unspecified atom stereocenters. The number of nitrogens with zero attached hydrogens (tertiary/aromatic N) is 5. The van der Waals surface area contributed by atoms with Gasteiger partial charge in [-0.2, -0.15) is 4.68 Å².